The second-order valence-electron chi connectivity index (χ2n) is 4.78. The van der Waals surface area contributed by atoms with Crippen LogP contribution in [0.5, 0.6) is 0 Å². The van der Waals surface area contributed by atoms with Crippen molar-refractivity contribution in [1.82, 2.24) is 4.98 Å². The Hall–Kier alpha value is -2.77. The van der Waals surface area contributed by atoms with Gasteiger partial charge in [0.15, 0.2) is 11.5 Å². The molecule has 0 radical (unpaired) electrons. The number of pyridine rings is 1. The minimum absolute atomic E-state index is 0.0991. The lowest BCUT2D eigenvalue weighted by Gasteiger charge is -1.99. The van der Waals surface area contributed by atoms with E-state index in [0.29, 0.717) is 12.1 Å². The van der Waals surface area contributed by atoms with E-state index in [2.05, 4.69) is 9.83 Å². The molecule has 0 saturated carbocycles. The van der Waals surface area contributed by atoms with Crippen LogP contribution >= 0.6 is 11.3 Å². The van der Waals surface area contributed by atoms with Crippen LogP contribution in [0.4, 0.5) is 5.69 Å². The van der Waals surface area contributed by atoms with Crippen LogP contribution in [0.15, 0.2) is 60.9 Å². The zero-order valence-corrected chi connectivity index (χ0v) is 12.5. The normalized spacial score (nSPS) is 10.1. The second kappa shape index (κ2) is 6.33. The molecular weight excluding hydrogens is 292 g/mol. The van der Waals surface area contributed by atoms with Crippen molar-refractivity contribution in [2.24, 2.45) is 0 Å². The van der Waals surface area contributed by atoms with Crippen molar-refractivity contribution in [2.45, 2.75) is 6.42 Å². The number of nitrogens with zero attached hydrogens (tertiary/aromatic N) is 2. The monoisotopic (exact) mass is 304 g/mol. The molecule has 3 aromatic rings. The lowest BCUT2D eigenvalue weighted by molar-refractivity contribution is 0.0996. The highest BCUT2D eigenvalue weighted by atomic mass is 32.1. The summed E-state index contributed by atoms with van der Waals surface area (Å²) >= 11 is 1.48. The second-order valence-corrected chi connectivity index (χ2v) is 5.87. The standard InChI is InChI=1S/C18H12N2OS/c1-19-15-6-4-14(5-7-15)17-8-9-18(22-17)16(21)11-13-3-2-10-20-12-13/h2-10,12H,11H2. The van der Waals surface area contributed by atoms with Gasteiger partial charge in [0.1, 0.15) is 0 Å². The van der Waals surface area contributed by atoms with Crippen molar-refractivity contribution < 1.29 is 4.79 Å². The molecule has 3 rings (SSSR count). The van der Waals surface area contributed by atoms with Gasteiger partial charge in [-0.1, -0.05) is 30.3 Å². The zero-order valence-electron chi connectivity index (χ0n) is 11.7. The molecule has 0 N–H and O–H groups in total. The number of benzene rings is 1. The van der Waals surface area contributed by atoms with Gasteiger partial charge >= 0.3 is 0 Å². The number of hydrogen-bond acceptors (Lipinski definition) is 3. The maximum atomic E-state index is 12.3. The van der Waals surface area contributed by atoms with E-state index in [-0.39, 0.29) is 5.78 Å². The van der Waals surface area contributed by atoms with Gasteiger partial charge in [0.05, 0.1) is 11.4 Å². The highest BCUT2D eigenvalue weighted by Crippen LogP contribution is 2.30. The first-order valence-corrected chi connectivity index (χ1v) is 7.58. The maximum absolute atomic E-state index is 12.3. The first-order valence-electron chi connectivity index (χ1n) is 6.76. The molecule has 3 nitrogen and oxygen atoms in total. The lowest BCUT2D eigenvalue weighted by atomic mass is 10.1. The van der Waals surface area contributed by atoms with Crippen LogP contribution in [0, 0.1) is 6.57 Å². The Morgan fingerprint density at radius 2 is 1.95 bits per heavy atom. The average molecular weight is 304 g/mol. The molecular formula is C18H12N2OS. The van der Waals surface area contributed by atoms with Crippen LogP contribution in [-0.4, -0.2) is 10.8 Å². The average Bonchev–Trinajstić information content (AvgIpc) is 3.06. The van der Waals surface area contributed by atoms with E-state index in [1.807, 2.05) is 36.4 Å². The van der Waals surface area contributed by atoms with Crippen LogP contribution < -0.4 is 0 Å². The molecule has 0 bridgehead atoms. The van der Waals surface area contributed by atoms with E-state index < -0.39 is 0 Å². The Kier molecular flexibility index (Phi) is 4.08. The first kappa shape index (κ1) is 14.2. The number of Topliss-reactive ketones (excluding diaryl/α,β-unsaturated/α-hetero) is 1. The smallest absolute Gasteiger partial charge is 0.187 e. The van der Waals surface area contributed by atoms with Crippen LogP contribution in [0.3, 0.4) is 0 Å². The summed E-state index contributed by atoms with van der Waals surface area (Å²) in [7, 11) is 0. The third-order valence-electron chi connectivity index (χ3n) is 3.25. The maximum Gasteiger partial charge on any atom is 0.187 e. The number of aromatic nitrogens is 1. The molecule has 22 heavy (non-hydrogen) atoms. The van der Waals surface area contributed by atoms with Gasteiger partial charge in [0.2, 0.25) is 0 Å². The van der Waals surface area contributed by atoms with Gasteiger partial charge in [-0.15, -0.1) is 11.3 Å². The van der Waals surface area contributed by atoms with Gasteiger partial charge in [-0.05, 0) is 29.3 Å². The molecule has 0 aliphatic rings. The van der Waals surface area contributed by atoms with Gasteiger partial charge in [0.25, 0.3) is 0 Å². The van der Waals surface area contributed by atoms with E-state index in [1.165, 1.54) is 11.3 Å². The fourth-order valence-electron chi connectivity index (χ4n) is 2.12. The molecule has 0 amide bonds. The fraction of sp³-hybridized carbons (Fsp3) is 0.0556. The quantitative estimate of drug-likeness (QED) is 0.513. The summed E-state index contributed by atoms with van der Waals surface area (Å²) in [4.78, 5) is 21.5. The Morgan fingerprint density at radius 1 is 1.14 bits per heavy atom. The summed E-state index contributed by atoms with van der Waals surface area (Å²) < 4.78 is 0. The molecule has 0 saturated heterocycles. The van der Waals surface area contributed by atoms with Crippen molar-refractivity contribution in [3.05, 3.63) is 82.8 Å². The molecule has 0 spiro atoms. The topological polar surface area (TPSA) is 34.3 Å². The summed E-state index contributed by atoms with van der Waals surface area (Å²) in [5, 5.41) is 0. The Morgan fingerprint density at radius 3 is 2.64 bits per heavy atom. The first-order chi connectivity index (χ1) is 10.8. The Labute approximate surface area is 132 Å². The molecule has 0 aliphatic heterocycles. The van der Waals surface area contributed by atoms with E-state index in [0.717, 1.165) is 20.9 Å². The van der Waals surface area contributed by atoms with Gasteiger partial charge in [-0.25, -0.2) is 4.85 Å². The Balaban J connectivity index is 1.78. The van der Waals surface area contributed by atoms with E-state index in [4.69, 9.17) is 6.57 Å². The molecule has 0 fully saturated rings. The van der Waals surface area contributed by atoms with Crippen LogP contribution in [0.2, 0.25) is 0 Å². The van der Waals surface area contributed by atoms with Gasteiger partial charge < -0.3 is 0 Å². The number of rotatable bonds is 4. The largest absolute Gasteiger partial charge is 0.293 e. The molecule has 0 aliphatic carbocycles. The van der Waals surface area contributed by atoms with Gasteiger partial charge in [-0.2, -0.15) is 0 Å². The molecule has 1 aromatic carbocycles. The van der Waals surface area contributed by atoms with Crippen molar-refractivity contribution in [2.75, 3.05) is 0 Å². The minimum Gasteiger partial charge on any atom is -0.293 e. The minimum atomic E-state index is 0.0991. The molecule has 0 unspecified atom stereocenters. The summed E-state index contributed by atoms with van der Waals surface area (Å²) in [5.41, 5.74) is 2.56. The molecule has 106 valence electrons. The highest BCUT2D eigenvalue weighted by Gasteiger charge is 2.11. The van der Waals surface area contributed by atoms with E-state index >= 15 is 0 Å². The van der Waals surface area contributed by atoms with Crippen LogP contribution in [0.25, 0.3) is 15.3 Å². The van der Waals surface area contributed by atoms with Crippen LogP contribution in [0.1, 0.15) is 15.2 Å². The highest BCUT2D eigenvalue weighted by molar-refractivity contribution is 7.17. The summed E-state index contributed by atoms with van der Waals surface area (Å²) in [6.07, 6.45) is 3.78. The number of thiophene rings is 1. The van der Waals surface area contributed by atoms with Gasteiger partial charge in [-0.3, -0.25) is 9.78 Å². The summed E-state index contributed by atoms with van der Waals surface area (Å²) in [6, 6.07) is 15.0. The van der Waals surface area contributed by atoms with Crippen molar-refractivity contribution in [3.8, 4) is 10.4 Å². The predicted molar refractivity (Wildman–Crippen MR) is 88.3 cm³/mol. The SMILES string of the molecule is [C-]#[N+]c1ccc(-c2ccc(C(=O)Cc3cccnc3)s2)cc1. The third-order valence-corrected chi connectivity index (χ3v) is 4.42. The molecule has 2 heterocycles. The van der Waals surface area contributed by atoms with Crippen molar-refractivity contribution in [3.63, 3.8) is 0 Å². The number of hydrogen-bond donors (Lipinski definition) is 0. The number of carbonyl (C=O) groups is 1. The van der Waals surface area contributed by atoms with Crippen LogP contribution in [-0.2, 0) is 6.42 Å². The fourth-order valence-corrected chi connectivity index (χ4v) is 3.07. The molecule has 2 aromatic heterocycles. The summed E-state index contributed by atoms with van der Waals surface area (Å²) in [6.45, 7) is 6.96. The number of carbonyl (C=O) groups excluding carboxylic acids is 1. The van der Waals surface area contributed by atoms with Crippen molar-refractivity contribution >= 4 is 22.8 Å². The van der Waals surface area contributed by atoms with E-state index in [1.54, 1.807) is 24.5 Å². The summed E-state index contributed by atoms with van der Waals surface area (Å²) in [5.74, 6) is 0.0991. The molecule has 0 atom stereocenters. The lowest BCUT2D eigenvalue weighted by Crippen LogP contribution is -2.00. The molecule has 4 heteroatoms. The third kappa shape index (κ3) is 3.11. The predicted octanol–water partition coefficient (Wildman–Crippen LogP) is 4.79. The van der Waals surface area contributed by atoms with E-state index in [9.17, 15) is 4.79 Å². The Bertz CT molecular complexity index is 830. The van der Waals surface area contributed by atoms with Gasteiger partial charge in [0, 0.05) is 23.7 Å². The zero-order chi connectivity index (χ0) is 15.4. The van der Waals surface area contributed by atoms with Crippen molar-refractivity contribution in [1.29, 1.82) is 0 Å². The number of ketones is 1.